The molecule has 0 unspecified atom stereocenters. The Morgan fingerprint density at radius 1 is 1.67 bits per heavy atom. The van der Waals surface area contributed by atoms with Crippen molar-refractivity contribution in [3.05, 3.63) is 35.7 Å². The maximum absolute atomic E-state index is 5.80. The Hall–Kier alpha value is -1.15. The Morgan fingerprint density at radius 3 is 2.75 bits per heavy atom. The molecule has 2 heteroatoms. The Kier molecular flexibility index (Phi) is 2.61. The van der Waals surface area contributed by atoms with Crippen LogP contribution in [0.2, 0.25) is 0 Å². The third-order valence-corrected chi connectivity index (χ3v) is 1.89. The van der Waals surface area contributed by atoms with E-state index in [9.17, 15) is 0 Å². The van der Waals surface area contributed by atoms with Gasteiger partial charge in [0.2, 0.25) is 0 Å². The Balaban J connectivity index is 3.29. The molecule has 0 bridgehead atoms. The molecule has 2 nitrogen and oxygen atoms in total. The van der Waals surface area contributed by atoms with Crippen molar-refractivity contribution in [1.29, 1.82) is 0 Å². The molecule has 1 heterocycles. The van der Waals surface area contributed by atoms with E-state index in [2.05, 4.69) is 11.6 Å². The first-order valence-electron chi connectivity index (χ1n) is 4.00. The fraction of sp³-hybridized carbons (Fsp3) is 0.300. The summed E-state index contributed by atoms with van der Waals surface area (Å²) in [7, 11) is 0. The lowest BCUT2D eigenvalue weighted by Crippen LogP contribution is -2.09. The summed E-state index contributed by atoms with van der Waals surface area (Å²) >= 11 is 0. The summed E-state index contributed by atoms with van der Waals surface area (Å²) in [5.74, 6) is 0. The van der Waals surface area contributed by atoms with Crippen molar-refractivity contribution in [1.82, 2.24) is 4.98 Å². The zero-order chi connectivity index (χ0) is 9.14. The second-order valence-corrected chi connectivity index (χ2v) is 2.92. The van der Waals surface area contributed by atoms with Gasteiger partial charge in [-0.2, -0.15) is 0 Å². The molecule has 0 fully saturated rings. The molecule has 1 rings (SSSR count). The molecule has 2 N–H and O–H groups in total. The highest BCUT2D eigenvalue weighted by Gasteiger charge is 2.07. The Bertz CT molecular complexity index is 290. The van der Waals surface area contributed by atoms with Gasteiger partial charge in [0.25, 0.3) is 0 Å². The van der Waals surface area contributed by atoms with Crippen molar-refractivity contribution in [3.63, 3.8) is 0 Å². The lowest BCUT2D eigenvalue weighted by atomic mass is 10.0. The van der Waals surface area contributed by atoms with Crippen LogP contribution in [0.15, 0.2) is 18.8 Å². The van der Waals surface area contributed by atoms with Crippen LogP contribution in [-0.2, 0) is 0 Å². The minimum absolute atomic E-state index is 0.0201. The second kappa shape index (κ2) is 3.50. The van der Waals surface area contributed by atoms with Crippen LogP contribution in [0.1, 0.15) is 29.8 Å². The maximum atomic E-state index is 5.80. The van der Waals surface area contributed by atoms with Crippen LogP contribution in [0, 0.1) is 6.92 Å². The van der Waals surface area contributed by atoms with Gasteiger partial charge in [0.15, 0.2) is 0 Å². The average molecular weight is 162 g/mol. The molecule has 0 aliphatic rings. The molecule has 0 saturated carbocycles. The molecule has 0 radical (unpaired) electrons. The summed E-state index contributed by atoms with van der Waals surface area (Å²) in [6, 6.07) is 1.98. The van der Waals surface area contributed by atoms with Crippen LogP contribution >= 0.6 is 0 Å². The van der Waals surface area contributed by atoms with Crippen LogP contribution in [0.4, 0.5) is 0 Å². The number of rotatable bonds is 2. The van der Waals surface area contributed by atoms with Gasteiger partial charge in [-0.3, -0.25) is 4.98 Å². The molecule has 1 aromatic heterocycles. The van der Waals surface area contributed by atoms with Crippen molar-refractivity contribution >= 4 is 6.08 Å². The van der Waals surface area contributed by atoms with Crippen molar-refractivity contribution in [2.75, 3.05) is 0 Å². The SMILES string of the molecule is C=Cc1nccc(C)c1[C@@H](C)N. The van der Waals surface area contributed by atoms with E-state index in [1.807, 2.05) is 19.9 Å². The standard InChI is InChI=1S/C10H14N2/c1-4-9-10(8(3)11)7(2)5-6-12-9/h4-6,8H,1,11H2,2-3H3/t8-/m1/s1. The van der Waals surface area contributed by atoms with E-state index >= 15 is 0 Å². The molecule has 0 aliphatic heterocycles. The first-order chi connectivity index (χ1) is 5.66. The summed E-state index contributed by atoms with van der Waals surface area (Å²) < 4.78 is 0. The third-order valence-electron chi connectivity index (χ3n) is 1.89. The van der Waals surface area contributed by atoms with E-state index < -0.39 is 0 Å². The van der Waals surface area contributed by atoms with Crippen LogP contribution < -0.4 is 5.73 Å². The minimum atomic E-state index is 0.0201. The van der Waals surface area contributed by atoms with Crippen molar-refractivity contribution in [3.8, 4) is 0 Å². The summed E-state index contributed by atoms with van der Waals surface area (Å²) in [5.41, 5.74) is 8.96. The van der Waals surface area contributed by atoms with E-state index in [-0.39, 0.29) is 6.04 Å². The van der Waals surface area contributed by atoms with E-state index in [1.54, 1.807) is 12.3 Å². The largest absolute Gasteiger partial charge is 0.324 e. The quantitative estimate of drug-likeness (QED) is 0.722. The first-order valence-corrected chi connectivity index (χ1v) is 4.00. The van der Waals surface area contributed by atoms with Gasteiger partial charge in [0, 0.05) is 12.2 Å². The molecule has 0 aliphatic carbocycles. The highest BCUT2D eigenvalue weighted by Crippen LogP contribution is 2.18. The van der Waals surface area contributed by atoms with Gasteiger partial charge < -0.3 is 5.73 Å². The number of nitrogens with two attached hydrogens (primary N) is 1. The number of hydrogen-bond acceptors (Lipinski definition) is 2. The number of aryl methyl sites for hydroxylation is 1. The molecule has 1 atom stereocenters. The molecule has 0 amide bonds. The number of hydrogen-bond donors (Lipinski definition) is 1. The van der Waals surface area contributed by atoms with Gasteiger partial charge in [0.05, 0.1) is 5.69 Å². The molecular weight excluding hydrogens is 148 g/mol. The zero-order valence-electron chi connectivity index (χ0n) is 7.54. The number of aromatic nitrogens is 1. The highest BCUT2D eigenvalue weighted by atomic mass is 14.7. The predicted octanol–water partition coefficient (Wildman–Crippen LogP) is 2.05. The van der Waals surface area contributed by atoms with Gasteiger partial charge in [0.1, 0.15) is 0 Å². The molecule has 12 heavy (non-hydrogen) atoms. The normalized spacial score (nSPS) is 12.6. The Morgan fingerprint density at radius 2 is 2.33 bits per heavy atom. The lowest BCUT2D eigenvalue weighted by molar-refractivity contribution is 0.799. The smallest absolute Gasteiger partial charge is 0.0673 e. The van der Waals surface area contributed by atoms with E-state index in [0.717, 1.165) is 11.3 Å². The molecule has 0 saturated heterocycles. The van der Waals surface area contributed by atoms with Crippen molar-refractivity contribution in [2.45, 2.75) is 19.9 Å². The summed E-state index contributed by atoms with van der Waals surface area (Å²) in [6.45, 7) is 7.69. The third kappa shape index (κ3) is 1.53. The molecule has 0 spiro atoms. The van der Waals surface area contributed by atoms with Crippen LogP contribution in [0.3, 0.4) is 0 Å². The molecule has 64 valence electrons. The Labute approximate surface area is 73.1 Å². The predicted molar refractivity (Wildman–Crippen MR) is 51.7 cm³/mol. The highest BCUT2D eigenvalue weighted by molar-refractivity contribution is 5.50. The minimum Gasteiger partial charge on any atom is -0.324 e. The van der Waals surface area contributed by atoms with Gasteiger partial charge >= 0.3 is 0 Å². The topological polar surface area (TPSA) is 38.9 Å². The summed E-state index contributed by atoms with van der Waals surface area (Å²) in [5, 5.41) is 0. The van der Waals surface area contributed by atoms with Gasteiger partial charge in [-0.1, -0.05) is 6.58 Å². The zero-order valence-corrected chi connectivity index (χ0v) is 7.54. The average Bonchev–Trinajstić information content (AvgIpc) is 2.03. The van der Waals surface area contributed by atoms with E-state index in [1.165, 1.54) is 5.56 Å². The molecular formula is C10H14N2. The lowest BCUT2D eigenvalue weighted by Gasteiger charge is -2.11. The van der Waals surface area contributed by atoms with Crippen molar-refractivity contribution in [2.24, 2.45) is 5.73 Å². The fourth-order valence-corrected chi connectivity index (χ4v) is 1.35. The van der Waals surface area contributed by atoms with Gasteiger partial charge in [-0.25, -0.2) is 0 Å². The first kappa shape index (κ1) is 8.94. The molecule has 1 aromatic rings. The fourth-order valence-electron chi connectivity index (χ4n) is 1.35. The number of pyridine rings is 1. The maximum Gasteiger partial charge on any atom is 0.0673 e. The van der Waals surface area contributed by atoms with Crippen LogP contribution in [-0.4, -0.2) is 4.98 Å². The number of nitrogens with zero attached hydrogens (tertiary/aromatic N) is 1. The van der Waals surface area contributed by atoms with Crippen molar-refractivity contribution < 1.29 is 0 Å². The van der Waals surface area contributed by atoms with Crippen LogP contribution in [0.5, 0.6) is 0 Å². The van der Waals surface area contributed by atoms with E-state index in [0.29, 0.717) is 0 Å². The second-order valence-electron chi connectivity index (χ2n) is 2.92. The van der Waals surface area contributed by atoms with Crippen LogP contribution in [0.25, 0.3) is 6.08 Å². The van der Waals surface area contributed by atoms with Gasteiger partial charge in [-0.05, 0) is 37.1 Å². The molecule has 0 aromatic carbocycles. The summed E-state index contributed by atoms with van der Waals surface area (Å²) in [6.07, 6.45) is 3.52. The van der Waals surface area contributed by atoms with E-state index in [4.69, 9.17) is 5.73 Å². The monoisotopic (exact) mass is 162 g/mol. The van der Waals surface area contributed by atoms with Gasteiger partial charge in [-0.15, -0.1) is 0 Å². The summed E-state index contributed by atoms with van der Waals surface area (Å²) in [4.78, 5) is 4.18.